The zero-order valence-electron chi connectivity index (χ0n) is 10.5. The normalized spacial score (nSPS) is 12.3. The Hall–Kier alpha value is -1.93. The molecular formula is C11H11F5N2O2. The second-order valence-corrected chi connectivity index (χ2v) is 3.88. The van der Waals surface area contributed by atoms with E-state index >= 15 is 0 Å². The Morgan fingerprint density at radius 1 is 1.35 bits per heavy atom. The van der Waals surface area contributed by atoms with Crippen molar-refractivity contribution in [3.05, 3.63) is 22.9 Å². The number of nitrogens with two attached hydrogens (primary N) is 1. The van der Waals surface area contributed by atoms with E-state index in [9.17, 15) is 26.7 Å². The molecule has 0 fully saturated rings. The molecule has 1 rings (SSSR count). The number of ether oxygens (including phenoxy) is 1. The summed E-state index contributed by atoms with van der Waals surface area (Å²) in [6, 6.07) is 0.468. The summed E-state index contributed by atoms with van der Waals surface area (Å²) in [5.74, 6) is -6.82. The van der Waals surface area contributed by atoms with Crippen LogP contribution in [0.1, 0.15) is 28.5 Å². The first kappa shape index (κ1) is 16.1. The number of hydrogen-bond acceptors (Lipinski definition) is 4. The van der Waals surface area contributed by atoms with Gasteiger partial charge in [0.2, 0.25) is 0 Å². The Balaban J connectivity index is 3.35. The van der Waals surface area contributed by atoms with Gasteiger partial charge >= 0.3 is 18.1 Å². The van der Waals surface area contributed by atoms with Crippen molar-refractivity contribution >= 4 is 11.8 Å². The number of pyridine rings is 1. The summed E-state index contributed by atoms with van der Waals surface area (Å²) in [4.78, 5) is 14.5. The van der Waals surface area contributed by atoms with E-state index < -0.39 is 29.6 Å². The maximum atomic E-state index is 13.1. The molecule has 4 nitrogen and oxygen atoms in total. The molecule has 0 aliphatic rings. The second kappa shape index (κ2) is 5.22. The van der Waals surface area contributed by atoms with Gasteiger partial charge in [0.25, 0.3) is 0 Å². The van der Waals surface area contributed by atoms with Gasteiger partial charge in [-0.05, 0) is 25.5 Å². The summed E-state index contributed by atoms with van der Waals surface area (Å²) in [7, 11) is 0. The first-order valence-electron chi connectivity index (χ1n) is 5.41. The van der Waals surface area contributed by atoms with Crippen LogP contribution in [0.4, 0.5) is 27.8 Å². The summed E-state index contributed by atoms with van der Waals surface area (Å²) in [5.41, 5.74) is 3.22. The lowest BCUT2D eigenvalue weighted by Gasteiger charge is -2.20. The molecular weight excluding hydrogens is 287 g/mol. The Bertz CT molecular complexity index is 505. The molecule has 0 aromatic carbocycles. The van der Waals surface area contributed by atoms with Crippen molar-refractivity contribution < 1.29 is 31.5 Å². The molecule has 0 radical (unpaired) electrons. The number of nitrogen functional groups attached to an aromatic ring is 1. The summed E-state index contributed by atoms with van der Waals surface area (Å²) in [5, 5.41) is 0. The van der Waals surface area contributed by atoms with Gasteiger partial charge in [0, 0.05) is 0 Å². The Morgan fingerprint density at radius 3 is 2.30 bits per heavy atom. The highest BCUT2D eigenvalue weighted by molar-refractivity contribution is 5.95. The fourth-order valence-corrected chi connectivity index (χ4v) is 1.47. The first-order chi connectivity index (χ1) is 9.02. The van der Waals surface area contributed by atoms with Gasteiger partial charge in [-0.1, -0.05) is 0 Å². The minimum atomic E-state index is -5.80. The van der Waals surface area contributed by atoms with Crippen molar-refractivity contribution in [2.24, 2.45) is 0 Å². The van der Waals surface area contributed by atoms with Crippen LogP contribution in [0, 0.1) is 6.92 Å². The lowest BCUT2D eigenvalue weighted by atomic mass is 10.1. The van der Waals surface area contributed by atoms with E-state index in [1.165, 1.54) is 13.8 Å². The van der Waals surface area contributed by atoms with Crippen LogP contribution in [0.5, 0.6) is 0 Å². The third-order valence-corrected chi connectivity index (χ3v) is 2.40. The largest absolute Gasteiger partial charge is 0.462 e. The number of hydrogen-bond donors (Lipinski definition) is 1. The maximum absolute atomic E-state index is 13.1. The van der Waals surface area contributed by atoms with Crippen LogP contribution < -0.4 is 5.73 Å². The number of anilines is 1. The van der Waals surface area contributed by atoms with Crippen molar-refractivity contribution in [3.8, 4) is 0 Å². The first-order valence-corrected chi connectivity index (χ1v) is 5.41. The Kier molecular flexibility index (Phi) is 4.21. The minimum Gasteiger partial charge on any atom is -0.462 e. The minimum absolute atomic E-state index is 0.00181. The van der Waals surface area contributed by atoms with Crippen molar-refractivity contribution in [1.82, 2.24) is 4.98 Å². The Morgan fingerprint density at radius 2 is 1.90 bits per heavy atom. The SMILES string of the molecule is CCOC(=O)c1c(C)cc(C(F)(F)C(F)(F)F)nc1N. The number of aryl methyl sites for hydroxylation is 1. The highest BCUT2D eigenvalue weighted by Crippen LogP contribution is 2.43. The van der Waals surface area contributed by atoms with E-state index in [1.807, 2.05) is 0 Å². The van der Waals surface area contributed by atoms with Crippen molar-refractivity contribution in [2.75, 3.05) is 12.3 Å². The van der Waals surface area contributed by atoms with E-state index in [4.69, 9.17) is 5.73 Å². The average Bonchev–Trinajstić information content (AvgIpc) is 2.26. The van der Waals surface area contributed by atoms with Crippen LogP contribution in [-0.4, -0.2) is 23.7 Å². The molecule has 0 aliphatic carbocycles. The predicted octanol–water partition coefficient (Wildman–Crippen LogP) is 2.80. The molecule has 0 amide bonds. The standard InChI is InChI=1S/C11H11F5N2O2/c1-3-20-9(19)7-5(2)4-6(18-8(7)17)10(12,13)11(14,15)16/h4H,3H2,1-2H3,(H2,17,18). The van der Waals surface area contributed by atoms with Crippen LogP contribution in [0.15, 0.2) is 6.07 Å². The lowest BCUT2D eigenvalue weighted by Crippen LogP contribution is -2.35. The molecule has 0 saturated carbocycles. The molecule has 1 aromatic rings. The number of alkyl halides is 5. The zero-order valence-corrected chi connectivity index (χ0v) is 10.5. The summed E-state index contributed by atoms with van der Waals surface area (Å²) in [6.45, 7) is 2.67. The van der Waals surface area contributed by atoms with Crippen LogP contribution in [0.25, 0.3) is 0 Å². The number of carbonyl (C=O) groups excluding carboxylic acids is 1. The number of nitrogens with zero attached hydrogens (tertiary/aromatic N) is 1. The third kappa shape index (κ3) is 2.81. The van der Waals surface area contributed by atoms with Gasteiger partial charge in [-0.3, -0.25) is 0 Å². The Labute approximate surface area is 110 Å². The van der Waals surface area contributed by atoms with E-state index in [0.717, 1.165) is 0 Å². The van der Waals surface area contributed by atoms with Gasteiger partial charge in [0.05, 0.1) is 6.61 Å². The second-order valence-electron chi connectivity index (χ2n) is 3.88. The monoisotopic (exact) mass is 298 g/mol. The summed E-state index contributed by atoms with van der Waals surface area (Å²) < 4.78 is 67.6. The van der Waals surface area contributed by atoms with E-state index in [1.54, 1.807) is 0 Å². The van der Waals surface area contributed by atoms with E-state index in [2.05, 4.69) is 9.72 Å². The van der Waals surface area contributed by atoms with E-state index in [-0.39, 0.29) is 17.7 Å². The molecule has 0 spiro atoms. The van der Waals surface area contributed by atoms with Crippen molar-refractivity contribution in [3.63, 3.8) is 0 Å². The highest BCUT2D eigenvalue weighted by atomic mass is 19.4. The van der Waals surface area contributed by atoms with Crippen molar-refractivity contribution in [2.45, 2.75) is 25.9 Å². The van der Waals surface area contributed by atoms with Crippen LogP contribution in [0.2, 0.25) is 0 Å². The number of esters is 1. The number of carbonyl (C=O) groups is 1. The van der Waals surface area contributed by atoms with Gasteiger partial charge in [0.15, 0.2) is 0 Å². The molecule has 2 N–H and O–H groups in total. The van der Waals surface area contributed by atoms with Crippen molar-refractivity contribution in [1.29, 1.82) is 0 Å². The van der Waals surface area contributed by atoms with Crippen LogP contribution in [-0.2, 0) is 10.7 Å². The summed E-state index contributed by atoms with van der Waals surface area (Å²) in [6.07, 6.45) is -5.80. The van der Waals surface area contributed by atoms with Gasteiger partial charge in [-0.15, -0.1) is 0 Å². The molecule has 0 saturated heterocycles. The van der Waals surface area contributed by atoms with Gasteiger partial charge in [0.1, 0.15) is 17.1 Å². The fourth-order valence-electron chi connectivity index (χ4n) is 1.47. The molecule has 9 heteroatoms. The molecule has 112 valence electrons. The maximum Gasteiger partial charge on any atom is 0.459 e. The smallest absolute Gasteiger partial charge is 0.459 e. The van der Waals surface area contributed by atoms with Gasteiger partial charge in [-0.25, -0.2) is 9.78 Å². The van der Waals surface area contributed by atoms with Crippen LogP contribution in [0.3, 0.4) is 0 Å². The fraction of sp³-hybridized carbons (Fsp3) is 0.455. The molecule has 0 atom stereocenters. The quantitative estimate of drug-likeness (QED) is 0.688. The lowest BCUT2D eigenvalue weighted by molar-refractivity contribution is -0.290. The molecule has 0 unspecified atom stereocenters. The summed E-state index contributed by atoms with van der Waals surface area (Å²) >= 11 is 0. The zero-order chi connectivity index (χ0) is 15.7. The van der Waals surface area contributed by atoms with Gasteiger partial charge in [-0.2, -0.15) is 22.0 Å². The van der Waals surface area contributed by atoms with Gasteiger partial charge < -0.3 is 10.5 Å². The highest BCUT2D eigenvalue weighted by Gasteiger charge is 2.60. The number of aromatic nitrogens is 1. The molecule has 20 heavy (non-hydrogen) atoms. The molecule has 0 aliphatic heterocycles. The topological polar surface area (TPSA) is 65.2 Å². The molecule has 0 bridgehead atoms. The van der Waals surface area contributed by atoms with Crippen LogP contribution >= 0.6 is 0 Å². The number of rotatable bonds is 3. The molecule has 1 heterocycles. The average molecular weight is 298 g/mol. The van der Waals surface area contributed by atoms with E-state index in [0.29, 0.717) is 6.07 Å². The predicted molar refractivity (Wildman–Crippen MR) is 59.3 cm³/mol. The third-order valence-electron chi connectivity index (χ3n) is 2.40. The molecule has 1 aromatic heterocycles. The number of halogens is 5.